The quantitative estimate of drug-likeness (QED) is 0.391. The van der Waals surface area contributed by atoms with Crippen molar-refractivity contribution in [3.05, 3.63) is 53.6 Å². The van der Waals surface area contributed by atoms with Crippen molar-refractivity contribution in [3.63, 3.8) is 0 Å². The van der Waals surface area contributed by atoms with Gasteiger partial charge in [-0.15, -0.1) is 0 Å². The van der Waals surface area contributed by atoms with Gasteiger partial charge in [-0.05, 0) is 50.3 Å². The van der Waals surface area contributed by atoms with Crippen LogP contribution in [-0.4, -0.2) is 63.2 Å². The van der Waals surface area contributed by atoms with E-state index in [4.69, 9.17) is 9.47 Å². The maximum atomic E-state index is 13.7. The number of carbonyl (C=O) groups is 2. The molecule has 224 valence electrons. The molecular weight excluding hydrogens is 542 g/mol. The molecule has 0 radical (unpaired) electrons. The van der Waals surface area contributed by atoms with Crippen LogP contribution in [-0.2, 0) is 26.2 Å². The van der Waals surface area contributed by atoms with E-state index in [0.717, 1.165) is 43.1 Å². The number of hydrogen-bond acceptors (Lipinski definition) is 6. The summed E-state index contributed by atoms with van der Waals surface area (Å²) in [6.45, 7) is 5.21. The van der Waals surface area contributed by atoms with Crippen molar-refractivity contribution in [2.24, 2.45) is 0 Å². The van der Waals surface area contributed by atoms with Gasteiger partial charge in [0.2, 0.25) is 21.8 Å². The number of ether oxygens (including phenoxy) is 2. The van der Waals surface area contributed by atoms with Crippen LogP contribution in [0.3, 0.4) is 0 Å². The predicted octanol–water partition coefficient (Wildman–Crippen LogP) is 4.57. The van der Waals surface area contributed by atoms with Crippen LogP contribution in [0.1, 0.15) is 69.4 Å². The Hall–Kier alpha value is -3.27. The Labute approximate surface area is 244 Å². The molecule has 1 N–H and O–H groups in total. The Kier molecular flexibility index (Phi) is 10.5. The maximum Gasteiger partial charge on any atom is 0.243 e. The molecule has 1 fully saturated rings. The van der Waals surface area contributed by atoms with Crippen molar-refractivity contribution in [1.82, 2.24) is 10.2 Å². The van der Waals surface area contributed by atoms with Crippen molar-refractivity contribution in [2.75, 3.05) is 30.3 Å². The first-order valence-electron chi connectivity index (χ1n) is 14.7. The number of benzene rings is 2. The van der Waals surface area contributed by atoms with Crippen molar-refractivity contribution in [2.45, 2.75) is 83.8 Å². The van der Waals surface area contributed by atoms with Gasteiger partial charge in [0.25, 0.3) is 0 Å². The van der Waals surface area contributed by atoms with Crippen molar-refractivity contribution in [1.29, 1.82) is 0 Å². The summed E-state index contributed by atoms with van der Waals surface area (Å²) in [5.41, 5.74) is 2.52. The molecule has 1 atom stereocenters. The number of amides is 2. The Morgan fingerprint density at radius 3 is 2.34 bits per heavy atom. The van der Waals surface area contributed by atoms with Gasteiger partial charge in [0, 0.05) is 31.6 Å². The van der Waals surface area contributed by atoms with Gasteiger partial charge in [0.1, 0.15) is 19.3 Å². The molecule has 1 aliphatic heterocycles. The van der Waals surface area contributed by atoms with Crippen LogP contribution < -0.4 is 19.1 Å². The lowest BCUT2D eigenvalue weighted by Crippen LogP contribution is -2.51. The summed E-state index contributed by atoms with van der Waals surface area (Å²) in [7, 11) is -3.62. The monoisotopic (exact) mass is 585 g/mol. The molecule has 4 rings (SSSR count). The van der Waals surface area contributed by atoms with E-state index in [9.17, 15) is 18.0 Å². The number of anilines is 1. The lowest BCUT2D eigenvalue weighted by atomic mass is 9.95. The molecule has 1 saturated carbocycles. The van der Waals surface area contributed by atoms with E-state index in [1.807, 2.05) is 38.1 Å². The second-order valence-corrected chi connectivity index (χ2v) is 12.9. The van der Waals surface area contributed by atoms with E-state index in [1.54, 1.807) is 23.1 Å². The highest BCUT2D eigenvalue weighted by molar-refractivity contribution is 7.92. The Morgan fingerprint density at radius 1 is 1.00 bits per heavy atom. The van der Waals surface area contributed by atoms with E-state index in [-0.39, 0.29) is 30.8 Å². The van der Waals surface area contributed by atoms with E-state index < -0.39 is 16.1 Å². The number of rotatable bonds is 12. The van der Waals surface area contributed by atoms with Crippen molar-refractivity contribution in [3.8, 4) is 11.5 Å². The summed E-state index contributed by atoms with van der Waals surface area (Å²) in [5, 5.41) is 3.20. The molecule has 0 saturated heterocycles. The topological polar surface area (TPSA) is 105 Å². The summed E-state index contributed by atoms with van der Waals surface area (Å²) in [4.78, 5) is 28.8. The Balaban J connectivity index is 1.48. The number of nitrogens with zero attached hydrogens (tertiary/aromatic N) is 2. The Morgan fingerprint density at radius 2 is 1.68 bits per heavy atom. The third-order valence-electron chi connectivity index (χ3n) is 7.78. The fraction of sp³-hybridized carbons (Fsp3) is 0.548. The molecule has 2 aromatic rings. The minimum absolute atomic E-state index is 0.107. The van der Waals surface area contributed by atoms with E-state index in [0.29, 0.717) is 49.8 Å². The van der Waals surface area contributed by atoms with Crippen LogP contribution >= 0.6 is 0 Å². The third kappa shape index (κ3) is 8.38. The van der Waals surface area contributed by atoms with E-state index in [1.165, 1.54) is 10.7 Å². The minimum Gasteiger partial charge on any atom is -0.486 e. The molecule has 2 amide bonds. The Bertz CT molecular complexity index is 1290. The average Bonchev–Trinajstić information content (AvgIpc) is 2.95. The van der Waals surface area contributed by atoms with Crippen LogP contribution in [0.5, 0.6) is 11.5 Å². The molecule has 0 unspecified atom stereocenters. The maximum absolute atomic E-state index is 13.7. The number of sulfonamides is 1. The highest BCUT2D eigenvalue weighted by atomic mass is 32.2. The zero-order chi connectivity index (χ0) is 29.4. The molecule has 0 aromatic heterocycles. The van der Waals surface area contributed by atoms with Gasteiger partial charge in [0.05, 0.1) is 11.9 Å². The first-order valence-corrected chi connectivity index (χ1v) is 16.5. The highest BCUT2D eigenvalue weighted by Gasteiger charge is 2.30. The molecule has 2 aliphatic rings. The van der Waals surface area contributed by atoms with Gasteiger partial charge in [-0.25, -0.2) is 8.42 Å². The normalized spacial score (nSPS) is 16.1. The van der Waals surface area contributed by atoms with Crippen LogP contribution in [0, 0.1) is 6.92 Å². The van der Waals surface area contributed by atoms with Crippen LogP contribution in [0.25, 0.3) is 0 Å². The SMILES string of the molecule is CC[C@@H](C(=O)NC1CCCCC1)N(Cc1ccc(C)cc1)C(=O)CCCN(c1ccc2c(c1)OCCO2)S(C)(=O)=O. The number of nitrogens with one attached hydrogen (secondary N) is 1. The third-order valence-corrected chi connectivity index (χ3v) is 8.97. The average molecular weight is 586 g/mol. The smallest absolute Gasteiger partial charge is 0.243 e. The van der Waals surface area contributed by atoms with Gasteiger partial charge in [-0.3, -0.25) is 13.9 Å². The summed E-state index contributed by atoms with van der Waals surface area (Å²) in [6, 6.07) is 12.5. The lowest BCUT2D eigenvalue weighted by molar-refractivity contribution is -0.141. The van der Waals surface area contributed by atoms with Gasteiger partial charge in [-0.1, -0.05) is 56.0 Å². The van der Waals surface area contributed by atoms with Crippen LogP contribution in [0.2, 0.25) is 0 Å². The van der Waals surface area contributed by atoms with Crippen LogP contribution in [0.15, 0.2) is 42.5 Å². The van der Waals surface area contributed by atoms with Crippen LogP contribution in [0.4, 0.5) is 5.69 Å². The largest absolute Gasteiger partial charge is 0.486 e. The van der Waals surface area contributed by atoms with Gasteiger partial charge >= 0.3 is 0 Å². The molecule has 9 nitrogen and oxygen atoms in total. The number of hydrogen-bond donors (Lipinski definition) is 1. The van der Waals surface area contributed by atoms with Gasteiger partial charge < -0.3 is 19.7 Å². The van der Waals surface area contributed by atoms with Gasteiger partial charge in [-0.2, -0.15) is 0 Å². The number of carbonyl (C=O) groups excluding carboxylic acids is 2. The zero-order valence-electron chi connectivity index (χ0n) is 24.4. The molecule has 1 aliphatic carbocycles. The summed E-state index contributed by atoms with van der Waals surface area (Å²) in [5.74, 6) is 0.783. The molecule has 41 heavy (non-hydrogen) atoms. The molecular formula is C31H43N3O6S. The number of aryl methyl sites for hydroxylation is 1. The molecule has 1 heterocycles. The minimum atomic E-state index is -3.62. The highest BCUT2D eigenvalue weighted by Crippen LogP contribution is 2.35. The number of fused-ring (bicyclic) bond motifs is 1. The van der Waals surface area contributed by atoms with Crippen molar-refractivity contribution >= 4 is 27.5 Å². The first-order chi connectivity index (χ1) is 19.7. The first kappa shape index (κ1) is 30.7. The van der Waals surface area contributed by atoms with Gasteiger partial charge in [0.15, 0.2) is 11.5 Å². The summed E-state index contributed by atoms with van der Waals surface area (Å²) < 4.78 is 37.9. The van der Waals surface area contributed by atoms with E-state index in [2.05, 4.69) is 5.32 Å². The molecule has 0 spiro atoms. The van der Waals surface area contributed by atoms with Crippen molar-refractivity contribution < 1.29 is 27.5 Å². The second kappa shape index (κ2) is 14.1. The summed E-state index contributed by atoms with van der Waals surface area (Å²) in [6.07, 6.45) is 7.38. The fourth-order valence-electron chi connectivity index (χ4n) is 5.55. The molecule has 0 bridgehead atoms. The fourth-order valence-corrected chi connectivity index (χ4v) is 6.50. The molecule has 10 heteroatoms. The zero-order valence-corrected chi connectivity index (χ0v) is 25.3. The van der Waals surface area contributed by atoms with E-state index >= 15 is 0 Å². The molecule has 2 aromatic carbocycles. The standard InChI is InChI=1S/C31H43N3O6S/c1-4-27(31(36)32-25-9-6-5-7-10-25)33(22-24-14-12-23(2)13-15-24)30(35)11-8-18-34(41(3,37)38)26-16-17-28-29(21-26)40-20-19-39-28/h12-17,21,25,27H,4-11,18-20,22H2,1-3H3,(H,32,36)/t27-/m0/s1. The predicted molar refractivity (Wildman–Crippen MR) is 160 cm³/mol. The summed E-state index contributed by atoms with van der Waals surface area (Å²) >= 11 is 0. The lowest BCUT2D eigenvalue weighted by Gasteiger charge is -2.33. The second-order valence-electron chi connectivity index (χ2n) is 11.0.